The van der Waals surface area contributed by atoms with E-state index in [1.54, 1.807) is 11.1 Å². The van der Waals surface area contributed by atoms with E-state index in [9.17, 15) is 4.79 Å². The van der Waals surface area contributed by atoms with Gasteiger partial charge in [-0.1, -0.05) is 0 Å². The summed E-state index contributed by atoms with van der Waals surface area (Å²) in [7, 11) is 0. The zero-order valence-corrected chi connectivity index (χ0v) is 13.1. The molecule has 0 aromatic carbocycles. The lowest BCUT2D eigenvalue weighted by molar-refractivity contribution is 0.0292. The first-order valence-corrected chi connectivity index (χ1v) is 7.24. The highest BCUT2D eigenvalue weighted by molar-refractivity contribution is 9.10. The third-order valence-corrected chi connectivity index (χ3v) is 3.48. The lowest BCUT2D eigenvalue weighted by Crippen LogP contribution is -2.35. The normalized spacial score (nSPS) is 19.6. The van der Waals surface area contributed by atoms with Crippen LogP contribution in [0.2, 0.25) is 0 Å². The Bertz CT molecular complexity index is 454. The average molecular weight is 327 g/mol. The number of pyridine rings is 1. The van der Waals surface area contributed by atoms with Crippen molar-refractivity contribution in [3.05, 3.63) is 28.5 Å². The number of rotatable bonds is 1. The molecule has 1 unspecified atom stereocenters. The Morgan fingerprint density at radius 2 is 2.21 bits per heavy atom. The Hall–Kier alpha value is -1.10. The second-order valence-corrected chi connectivity index (χ2v) is 6.73. The number of ether oxygens (including phenoxy) is 1. The third kappa shape index (κ3) is 3.93. The fourth-order valence-electron chi connectivity index (χ4n) is 2.12. The quantitative estimate of drug-likeness (QED) is 0.792. The van der Waals surface area contributed by atoms with Crippen LogP contribution in [0.5, 0.6) is 0 Å². The van der Waals surface area contributed by atoms with E-state index in [1.807, 2.05) is 32.9 Å². The molecule has 1 aliphatic rings. The number of carbonyl (C=O) groups excluding carboxylic acids is 1. The molecule has 1 atom stereocenters. The summed E-state index contributed by atoms with van der Waals surface area (Å²) in [6.45, 7) is 7.07. The summed E-state index contributed by atoms with van der Waals surface area (Å²) < 4.78 is 6.35. The van der Waals surface area contributed by atoms with Gasteiger partial charge in [0.15, 0.2) is 0 Å². The summed E-state index contributed by atoms with van der Waals surface area (Å²) in [4.78, 5) is 18.1. The van der Waals surface area contributed by atoms with Crippen LogP contribution in [-0.2, 0) is 4.74 Å². The number of amides is 1. The van der Waals surface area contributed by atoms with Crippen molar-refractivity contribution in [2.24, 2.45) is 0 Å². The molecule has 0 bridgehead atoms. The van der Waals surface area contributed by atoms with E-state index >= 15 is 0 Å². The van der Waals surface area contributed by atoms with Crippen molar-refractivity contribution in [2.75, 3.05) is 13.1 Å². The van der Waals surface area contributed by atoms with Gasteiger partial charge in [0.25, 0.3) is 0 Å². The molecule has 1 aromatic rings. The first-order valence-electron chi connectivity index (χ1n) is 6.44. The van der Waals surface area contributed by atoms with Crippen molar-refractivity contribution in [3.63, 3.8) is 0 Å². The predicted molar refractivity (Wildman–Crippen MR) is 77.1 cm³/mol. The van der Waals surface area contributed by atoms with E-state index in [2.05, 4.69) is 20.9 Å². The fraction of sp³-hybridized carbons (Fsp3) is 0.571. The van der Waals surface area contributed by atoms with Gasteiger partial charge >= 0.3 is 6.09 Å². The summed E-state index contributed by atoms with van der Waals surface area (Å²) in [5.74, 6) is 0.306. The zero-order valence-electron chi connectivity index (χ0n) is 11.5. The maximum absolute atomic E-state index is 12.0. The van der Waals surface area contributed by atoms with E-state index in [4.69, 9.17) is 4.74 Å². The van der Waals surface area contributed by atoms with E-state index in [-0.39, 0.29) is 6.09 Å². The molecule has 0 spiro atoms. The van der Waals surface area contributed by atoms with Gasteiger partial charge in [-0.15, -0.1) is 0 Å². The standard InChI is InChI=1S/C14H19BrN2O2/c1-14(2,3)19-13(18)17-7-6-10(9-17)12-5-4-11(15)8-16-12/h4-5,8,10H,6-7,9H2,1-3H3. The maximum atomic E-state index is 12.0. The van der Waals surface area contributed by atoms with Crippen LogP contribution in [0.15, 0.2) is 22.8 Å². The van der Waals surface area contributed by atoms with Crippen molar-refractivity contribution >= 4 is 22.0 Å². The lowest BCUT2D eigenvalue weighted by Gasteiger charge is -2.24. The molecular weight excluding hydrogens is 308 g/mol. The Labute approximate surface area is 122 Å². The van der Waals surface area contributed by atoms with Crippen molar-refractivity contribution < 1.29 is 9.53 Å². The number of nitrogens with zero attached hydrogens (tertiary/aromatic N) is 2. The smallest absolute Gasteiger partial charge is 0.410 e. The van der Waals surface area contributed by atoms with Gasteiger partial charge in [0, 0.05) is 35.4 Å². The lowest BCUT2D eigenvalue weighted by atomic mass is 10.0. The van der Waals surface area contributed by atoms with Crippen molar-refractivity contribution in [3.8, 4) is 0 Å². The minimum absolute atomic E-state index is 0.230. The second-order valence-electron chi connectivity index (χ2n) is 5.81. The van der Waals surface area contributed by atoms with Crippen LogP contribution in [0.3, 0.4) is 0 Å². The molecular formula is C14H19BrN2O2. The first kappa shape index (κ1) is 14.3. The molecule has 104 valence electrons. The van der Waals surface area contributed by atoms with E-state index in [0.29, 0.717) is 12.5 Å². The summed E-state index contributed by atoms with van der Waals surface area (Å²) in [5, 5.41) is 0. The van der Waals surface area contributed by atoms with Gasteiger partial charge in [0.1, 0.15) is 5.60 Å². The molecule has 0 radical (unpaired) electrons. The van der Waals surface area contributed by atoms with Gasteiger partial charge in [0.05, 0.1) is 0 Å². The van der Waals surface area contributed by atoms with Crippen LogP contribution in [0.1, 0.15) is 38.8 Å². The summed E-state index contributed by atoms with van der Waals surface area (Å²) in [6, 6.07) is 3.99. The van der Waals surface area contributed by atoms with Crippen LogP contribution in [0.25, 0.3) is 0 Å². The molecule has 2 rings (SSSR count). The van der Waals surface area contributed by atoms with Gasteiger partial charge in [-0.3, -0.25) is 4.98 Å². The van der Waals surface area contributed by atoms with Crippen LogP contribution < -0.4 is 0 Å². The number of likely N-dealkylation sites (tertiary alicyclic amines) is 1. The monoisotopic (exact) mass is 326 g/mol. The third-order valence-electron chi connectivity index (χ3n) is 3.01. The van der Waals surface area contributed by atoms with Crippen molar-refractivity contribution in [1.82, 2.24) is 9.88 Å². The molecule has 1 aromatic heterocycles. The molecule has 0 saturated carbocycles. The molecule has 2 heterocycles. The number of aromatic nitrogens is 1. The summed E-state index contributed by atoms with van der Waals surface area (Å²) >= 11 is 3.38. The van der Waals surface area contributed by atoms with E-state index in [0.717, 1.165) is 23.1 Å². The largest absolute Gasteiger partial charge is 0.444 e. The number of carbonyl (C=O) groups is 1. The molecule has 19 heavy (non-hydrogen) atoms. The van der Waals surface area contributed by atoms with Gasteiger partial charge in [0.2, 0.25) is 0 Å². The maximum Gasteiger partial charge on any atom is 0.410 e. The van der Waals surface area contributed by atoms with Gasteiger partial charge < -0.3 is 9.64 Å². The molecule has 1 saturated heterocycles. The highest BCUT2D eigenvalue weighted by Gasteiger charge is 2.30. The topological polar surface area (TPSA) is 42.4 Å². The average Bonchev–Trinajstić information content (AvgIpc) is 2.77. The molecule has 4 nitrogen and oxygen atoms in total. The van der Waals surface area contributed by atoms with Crippen molar-refractivity contribution in [1.29, 1.82) is 0 Å². The Kier molecular flexibility index (Phi) is 4.13. The fourth-order valence-corrected chi connectivity index (χ4v) is 2.36. The molecule has 1 amide bonds. The van der Waals surface area contributed by atoms with Gasteiger partial charge in [-0.25, -0.2) is 4.79 Å². The summed E-state index contributed by atoms with van der Waals surface area (Å²) in [6.07, 6.45) is 2.51. The highest BCUT2D eigenvalue weighted by Crippen LogP contribution is 2.27. The van der Waals surface area contributed by atoms with Crippen LogP contribution in [-0.4, -0.2) is 34.7 Å². The van der Waals surface area contributed by atoms with Gasteiger partial charge in [-0.05, 0) is 55.3 Å². The molecule has 0 N–H and O–H groups in total. The Balaban J connectivity index is 1.96. The van der Waals surface area contributed by atoms with Crippen LogP contribution in [0.4, 0.5) is 4.79 Å². The predicted octanol–water partition coefficient (Wildman–Crippen LogP) is 3.57. The zero-order chi connectivity index (χ0) is 14.0. The highest BCUT2D eigenvalue weighted by atomic mass is 79.9. The minimum Gasteiger partial charge on any atom is -0.444 e. The summed E-state index contributed by atoms with van der Waals surface area (Å²) in [5.41, 5.74) is 0.597. The number of hydrogen-bond acceptors (Lipinski definition) is 3. The molecule has 1 fully saturated rings. The molecule has 1 aliphatic heterocycles. The number of halogens is 1. The SMILES string of the molecule is CC(C)(C)OC(=O)N1CCC(c2ccc(Br)cn2)C1. The van der Waals surface area contributed by atoms with Crippen molar-refractivity contribution in [2.45, 2.75) is 38.7 Å². The van der Waals surface area contributed by atoms with E-state index < -0.39 is 5.60 Å². The first-order chi connectivity index (χ1) is 8.85. The molecule has 0 aliphatic carbocycles. The number of hydrogen-bond donors (Lipinski definition) is 0. The van der Waals surface area contributed by atoms with Crippen LogP contribution in [0, 0.1) is 0 Å². The molecule has 5 heteroatoms. The Morgan fingerprint density at radius 1 is 1.47 bits per heavy atom. The van der Waals surface area contributed by atoms with E-state index in [1.165, 1.54) is 0 Å². The second kappa shape index (κ2) is 5.49. The van der Waals surface area contributed by atoms with Crippen LogP contribution >= 0.6 is 15.9 Å². The Morgan fingerprint density at radius 3 is 2.79 bits per heavy atom. The minimum atomic E-state index is -0.439. The van der Waals surface area contributed by atoms with Gasteiger partial charge in [-0.2, -0.15) is 0 Å².